The summed E-state index contributed by atoms with van der Waals surface area (Å²) in [5.74, 6) is 0. The molecule has 0 spiro atoms. The average molecular weight is 190 g/mol. The van der Waals surface area contributed by atoms with E-state index in [4.69, 9.17) is 0 Å². The fourth-order valence-corrected chi connectivity index (χ4v) is 1.07. The molecule has 0 atom stereocenters. The van der Waals surface area contributed by atoms with Crippen molar-refractivity contribution in [1.29, 1.82) is 0 Å². The van der Waals surface area contributed by atoms with Crippen LogP contribution in [0.3, 0.4) is 0 Å². The first-order valence-corrected chi connectivity index (χ1v) is 4.94. The van der Waals surface area contributed by atoms with Gasteiger partial charge in [-0.2, -0.15) is 0 Å². The van der Waals surface area contributed by atoms with Crippen LogP contribution in [0.4, 0.5) is 0 Å². The minimum atomic E-state index is 1.15. The summed E-state index contributed by atoms with van der Waals surface area (Å²) in [6, 6.07) is 8.77. The molecule has 0 saturated heterocycles. The molecule has 78 valence electrons. The Morgan fingerprint density at radius 1 is 0.857 bits per heavy atom. The van der Waals surface area contributed by atoms with E-state index in [0.717, 1.165) is 12.8 Å². The van der Waals surface area contributed by atoms with Crippen LogP contribution in [0.1, 0.15) is 25.0 Å². The summed E-state index contributed by atoms with van der Waals surface area (Å²) in [6.07, 6.45) is 2.29. The van der Waals surface area contributed by atoms with E-state index in [1.165, 1.54) is 11.1 Å². The quantitative estimate of drug-likeness (QED) is 0.606. The van der Waals surface area contributed by atoms with E-state index in [1.807, 2.05) is 0 Å². The molecule has 0 aromatic heterocycles. The lowest BCUT2D eigenvalue weighted by molar-refractivity contribution is 1.09. The zero-order valence-electron chi connectivity index (χ0n) is 9.55. The van der Waals surface area contributed by atoms with Crippen LogP contribution in [0, 0.1) is 0 Å². The van der Waals surface area contributed by atoms with Crippen LogP contribution in [0.5, 0.6) is 0 Å². The van der Waals surface area contributed by atoms with Crippen molar-refractivity contribution in [3.05, 3.63) is 61.7 Å². The molecule has 14 heavy (non-hydrogen) atoms. The van der Waals surface area contributed by atoms with E-state index in [2.05, 4.69) is 64.4 Å². The van der Waals surface area contributed by atoms with E-state index < -0.39 is 0 Å². The zero-order chi connectivity index (χ0) is 11.4. The molecule has 1 rings (SSSR count). The summed E-state index contributed by atoms with van der Waals surface area (Å²) in [4.78, 5) is 0. The van der Waals surface area contributed by atoms with Crippen LogP contribution >= 0.6 is 0 Å². The molecule has 0 aliphatic rings. The summed E-state index contributed by atoms with van der Waals surface area (Å²) >= 11 is 0. The first-order valence-electron chi connectivity index (χ1n) is 4.94. The average Bonchev–Trinajstić information content (AvgIpc) is 2.34. The van der Waals surface area contributed by atoms with E-state index in [9.17, 15) is 0 Å². The molecule has 0 bridgehead atoms. The molecule has 0 radical (unpaired) electrons. The highest BCUT2D eigenvalue weighted by Crippen LogP contribution is 2.05. The Bertz CT molecular complexity index is 204. The first kappa shape index (κ1) is 15.2. The van der Waals surface area contributed by atoms with Crippen molar-refractivity contribution >= 4 is 0 Å². The molecule has 0 nitrogen and oxygen atoms in total. The van der Waals surface area contributed by atoms with Gasteiger partial charge in [0.05, 0.1) is 0 Å². The van der Waals surface area contributed by atoms with Gasteiger partial charge in [0.25, 0.3) is 0 Å². The molecule has 0 aliphatic heterocycles. The third kappa shape index (κ3) is 6.24. The normalized spacial score (nSPS) is 7.57. The van der Waals surface area contributed by atoms with Gasteiger partial charge < -0.3 is 0 Å². The second-order valence-electron chi connectivity index (χ2n) is 2.53. The van der Waals surface area contributed by atoms with E-state index in [-0.39, 0.29) is 0 Å². The minimum absolute atomic E-state index is 1.15. The summed E-state index contributed by atoms with van der Waals surface area (Å²) in [5, 5.41) is 0. The highest BCUT2D eigenvalue weighted by Gasteiger charge is 1.89. The van der Waals surface area contributed by atoms with Crippen LogP contribution in [-0.2, 0) is 12.8 Å². The molecule has 0 heteroatoms. The van der Waals surface area contributed by atoms with Gasteiger partial charge in [-0.05, 0) is 24.0 Å². The summed E-state index contributed by atoms with van der Waals surface area (Å²) in [7, 11) is 0. The highest BCUT2D eigenvalue weighted by molar-refractivity contribution is 5.23. The van der Waals surface area contributed by atoms with Crippen molar-refractivity contribution in [2.75, 3.05) is 0 Å². The molecule has 0 saturated carbocycles. The predicted octanol–water partition coefficient (Wildman–Crippen LogP) is 4.42. The SMILES string of the molecule is C=C.C=C.CCc1cccc(CC)c1. The van der Waals surface area contributed by atoms with Crippen molar-refractivity contribution < 1.29 is 0 Å². The number of hydrogen-bond acceptors (Lipinski definition) is 0. The fourth-order valence-electron chi connectivity index (χ4n) is 1.07. The second kappa shape index (κ2) is 11.7. The largest absolute Gasteiger partial charge is 0.106 e. The Labute approximate surface area is 89.0 Å². The van der Waals surface area contributed by atoms with Gasteiger partial charge in [0.1, 0.15) is 0 Å². The van der Waals surface area contributed by atoms with E-state index in [1.54, 1.807) is 0 Å². The maximum atomic E-state index is 3.00. The van der Waals surface area contributed by atoms with E-state index in [0.29, 0.717) is 0 Å². The number of hydrogen-bond donors (Lipinski definition) is 0. The third-order valence-electron chi connectivity index (χ3n) is 1.81. The summed E-state index contributed by atoms with van der Waals surface area (Å²) in [5.41, 5.74) is 2.89. The third-order valence-corrected chi connectivity index (χ3v) is 1.81. The van der Waals surface area contributed by atoms with Gasteiger partial charge in [-0.25, -0.2) is 0 Å². The van der Waals surface area contributed by atoms with Crippen LogP contribution in [0.25, 0.3) is 0 Å². The lowest BCUT2D eigenvalue weighted by atomic mass is 10.1. The second-order valence-corrected chi connectivity index (χ2v) is 2.53. The van der Waals surface area contributed by atoms with Gasteiger partial charge in [-0.15, -0.1) is 26.3 Å². The predicted molar refractivity (Wildman–Crippen MR) is 67.7 cm³/mol. The van der Waals surface area contributed by atoms with Gasteiger partial charge in [0.15, 0.2) is 0 Å². The van der Waals surface area contributed by atoms with Gasteiger partial charge in [-0.3, -0.25) is 0 Å². The molecule has 1 aromatic carbocycles. The van der Waals surface area contributed by atoms with Gasteiger partial charge in [0.2, 0.25) is 0 Å². The Balaban J connectivity index is 0. The fraction of sp³-hybridized carbons (Fsp3) is 0.286. The zero-order valence-corrected chi connectivity index (χ0v) is 9.55. The molecular weight excluding hydrogens is 168 g/mol. The van der Waals surface area contributed by atoms with Crippen molar-refractivity contribution in [1.82, 2.24) is 0 Å². The number of rotatable bonds is 2. The summed E-state index contributed by atoms with van der Waals surface area (Å²) < 4.78 is 0. The van der Waals surface area contributed by atoms with Crippen molar-refractivity contribution in [3.63, 3.8) is 0 Å². The molecule has 0 heterocycles. The maximum Gasteiger partial charge on any atom is -0.0307 e. The molecule has 0 amide bonds. The van der Waals surface area contributed by atoms with Gasteiger partial charge in [0, 0.05) is 0 Å². The lowest BCUT2D eigenvalue weighted by Crippen LogP contribution is -1.83. The van der Waals surface area contributed by atoms with Crippen molar-refractivity contribution in [3.8, 4) is 0 Å². The standard InChI is InChI=1S/C10H14.2C2H4/c1-3-9-6-5-7-10(4-2)8-9;2*1-2/h5-8H,3-4H2,1-2H3;2*1-2H2. The number of aryl methyl sites for hydroxylation is 2. The van der Waals surface area contributed by atoms with Crippen LogP contribution in [0.2, 0.25) is 0 Å². The molecule has 0 unspecified atom stereocenters. The van der Waals surface area contributed by atoms with Crippen LogP contribution in [-0.4, -0.2) is 0 Å². The Morgan fingerprint density at radius 3 is 1.50 bits per heavy atom. The summed E-state index contributed by atoms with van der Waals surface area (Å²) in [6.45, 7) is 16.4. The van der Waals surface area contributed by atoms with Crippen molar-refractivity contribution in [2.24, 2.45) is 0 Å². The maximum absolute atomic E-state index is 3.00. The van der Waals surface area contributed by atoms with Crippen LogP contribution in [0.15, 0.2) is 50.6 Å². The van der Waals surface area contributed by atoms with Gasteiger partial charge in [-0.1, -0.05) is 38.1 Å². The van der Waals surface area contributed by atoms with Gasteiger partial charge >= 0.3 is 0 Å². The molecule has 1 aromatic rings. The van der Waals surface area contributed by atoms with Crippen LogP contribution < -0.4 is 0 Å². The molecular formula is C14H22. The Hall–Kier alpha value is -1.30. The lowest BCUT2D eigenvalue weighted by Gasteiger charge is -1.98. The molecule has 0 aliphatic carbocycles. The topological polar surface area (TPSA) is 0 Å². The monoisotopic (exact) mass is 190 g/mol. The Morgan fingerprint density at radius 2 is 1.21 bits per heavy atom. The van der Waals surface area contributed by atoms with Crippen molar-refractivity contribution in [2.45, 2.75) is 26.7 Å². The molecule has 0 fully saturated rings. The first-order chi connectivity index (χ1) is 6.86. The van der Waals surface area contributed by atoms with E-state index >= 15 is 0 Å². The Kier molecular flexibility index (Phi) is 12.7. The smallest absolute Gasteiger partial charge is 0.0307 e. The minimum Gasteiger partial charge on any atom is -0.106 e. The highest BCUT2D eigenvalue weighted by atomic mass is 13.9. The number of benzene rings is 1. The molecule has 0 N–H and O–H groups in total.